The largest absolute Gasteiger partial charge is 0.353 e. The van der Waals surface area contributed by atoms with Crippen LogP contribution in [0, 0.1) is 11.3 Å². The molecule has 0 spiro atoms. The molecule has 1 saturated heterocycles. The fourth-order valence-corrected chi connectivity index (χ4v) is 3.27. The summed E-state index contributed by atoms with van der Waals surface area (Å²) in [6, 6.07) is 0.432. The van der Waals surface area contributed by atoms with Gasteiger partial charge in [0.1, 0.15) is 0 Å². The van der Waals surface area contributed by atoms with Crippen molar-refractivity contribution >= 4 is 5.91 Å². The van der Waals surface area contributed by atoms with E-state index < -0.39 is 0 Å². The van der Waals surface area contributed by atoms with Crippen LogP contribution in [-0.4, -0.2) is 25.0 Å². The molecule has 18 heavy (non-hydrogen) atoms. The molecule has 2 fully saturated rings. The molecule has 1 unspecified atom stereocenters. The molecule has 1 saturated carbocycles. The Morgan fingerprint density at radius 1 is 1.11 bits per heavy atom. The molecule has 2 aliphatic rings. The van der Waals surface area contributed by atoms with Gasteiger partial charge in [-0.2, -0.15) is 0 Å². The Morgan fingerprint density at radius 3 is 2.44 bits per heavy atom. The zero-order valence-corrected chi connectivity index (χ0v) is 11.9. The summed E-state index contributed by atoms with van der Waals surface area (Å²) >= 11 is 0. The molecule has 3 nitrogen and oxygen atoms in total. The van der Waals surface area contributed by atoms with Gasteiger partial charge >= 0.3 is 0 Å². The van der Waals surface area contributed by atoms with Gasteiger partial charge in [0, 0.05) is 11.5 Å². The fourth-order valence-electron chi connectivity index (χ4n) is 3.27. The number of piperidine rings is 1. The normalized spacial score (nSPS) is 26.9. The zero-order chi connectivity index (χ0) is 13.0. The molecule has 2 rings (SSSR count). The Morgan fingerprint density at radius 2 is 1.83 bits per heavy atom. The number of carbonyl (C=O) groups is 1. The van der Waals surface area contributed by atoms with Crippen LogP contribution in [0.25, 0.3) is 0 Å². The summed E-state index contributed by atoms with van der Waals surface area (Å²) < 4.78 is 0. The van der Waals surface area contributed by atoms with Crippen LogP contribution in [0.3, 0.4) is 0 Å². The average Bonchev–Trinajstić information content (AvgIpc) is 2.41. The Bertz CT molecular complexity index is 276. The Hall–Kier alpha value is -0.570. The predicted octanol–water partition coefficient (Wildman–Crippen LogP) is 2.46. The predicted molar refractivity (Wildman–Crippen MR) is 74.4 cm³/mol. The molecule has 0 bridgehead atoms. The van der Waals surface area contributed by atoms with Crippen molar-refractivity contribution in [2.24, 2.45) is 11.3 Å². The zero-order valence-electron chi connectivity index (χ0n) is 11.9. The van der Waals surface area contributed by atoms with Crippen LogP contribution < -0.4 is 10.6 Å². The van der Waals surface area contributed by atoms with Gasteiger partial charge in [-0.15, -0.1) is 0 Å². The van der Waals surface area contributed by atoms with E-state index >= 15 is 0 Å². The quantitative estimate of drug-likeness (QED) is 0.810. The summed E-state index contributed by atoms with van der Waals surface area (Å²) in [5, 5.41) is 6.71. The van der Waals surface area contributed by atoms with Gasteiger partial charge < -0.3 is 10.6 Å². The summed E-state index contributed by atoms with van der Waals surface area (Å²) in [5.74, 6) is 0.748. The summed E-state index contributed by atoms with van der Waals surface area (Å²) in [6.45, 7) is 6.33. The van der Waals surface area contributed by atoms with Crippen LogP contribution in [0.15, 0.2) is 0 Å². The molecular weight excluding hydrogens is 224 g/mol. The van der Waals surface area contributed by atoms with Gasteiger partial charge in [-0.25, -0.2) is 0 Å². The summed E-state index contributed by atoms with van der Waals surface area (Å²) in [6.07, 6.45) is 8.60. The first kappa shape index (κ1) is 13.9. The molecule has 1 aliphatic carbocycles. The number of amides is 1. The van der Waals surface area contributed by atoms with Gasteiger partial charge in [-0.05, 0) is 44.7 Å². The number of hydrogen-bond acceptors (Lipinski definition) is 2. The maximum absolute atomic E-state index is 12.5. The maximum Gasteiger partial charge on any atom is 0.226 e. The lowest BCUT2D eigenvalue weighted by Gasteiger charge is -2.37. The van der Waals surface area contributed by atoms with Gasteiger partial charge in [0.2, 0.25) is 5.91 Å². The minimum atomic E-state index is -0.231. The van der Waals surface area contributed by atoms with Crippen LogP contribution in [-0.2, 0) is 4.79 Å². The van der Waals surface area contributed by atoms with Crippen molar-refractivity contribution < 1.29 is 4.79 Å². The van der Waals surface area contributed by atoms with Crippen LogP contribution in [0.2, 0.25) is 0 Å². The molecule has 0 radical (unpaired) electrons. The third-order valence-electron chi connectivity index (χ3n) is 4.84. The summed E-state index contributed by atoms with van der Waals surface area (Å²) in [5.41, 5.74) is -0.231. The van der Waals surface area contributed by atoms with Crippen molar-refractivity contribution in [2.75, 3.05) is 13.1 Å². The van der Waals surface area contributed by atoms with Gasteiger partial charge in [-0.1, -0.05) is 33.1 Å². The lowest BCUT2D eigenvalue weighted by Crippen LogP contribution is -2.50. The minimum Gasteiger partial charge on any atom is -0.353 e. The van der Waals surface area contributed by atoms with Gasteiger partial charge in [0.05, 0.1) is 0 Å². The van der Waals surface area contributed by atoms with Crippen LogP contribution in [0.5, 0.6) is 0 Å². The highest BCUT2D eigenvalue weighted by Crippen LogP contribution is 2.32. The van der Waals surface area contributed by atoms with Crippen LogP contribution in [0.4, 0.5) is 0 Å². The fraction of sp³-hybridized carbons (Fsp3) is 0.933. The highest BCUT2D eigenvalue weighted by atomic mass is 16.2. The van der Waals surface area contributed by atoms with Crippen molar-refractivity contribution in [1.29, 1.82) is 0 Å². The maximum atomic E-state index is 12.5. The van der Waals surface area contributed by atoms with E-state index in [1.165, 1.54) is 44.9 Å². The monoisotopic (exact) mass is 252 g/mol. The molecule has 1 aliphatic heterocycles. The summed E-state index contributed by atoms with van der Waals surface area (Å²) in [4.78, 5) is 12.5. The van der Waals surface area contributed by atoms with Crippen molar-refractivity contribution in [3.05, 3.63) is 0 Å². The second-order valence-electron chi connectivity index (χ2n) is 6.57. The topological polar surface area (TPSA) is 41.1 Å². The molecule has 0 aromatic heterocycles. The third kappa shape index (κ3) is 3.25. The first-order chi connectivity index (χ1) is 8.60. The van der Waals surface area contributed by atoms with E-state index in [0.29, 0.717) is 12.0 Å². The highest BCUT2D eigenvalue weighted by Gasteiger charge is 2.38. The number of carbonyl (C=O) groups excluding carboxylic acids is 1. The molecular formula is C15H28N2O. The first-order valence-electron chi connectivity index (χ1n) is 7.62. The second-order valence-corrected chi connectivity index (χ2v) is 6.57. The Kier molecular flexibility index (Phi) is 4.66. The lowest BCUT2D eigenvalue weighted by molar-refractivity contribution is -0.133. The van der Waals surface area contributed by atoms with Crippen molar-refractivity contribution in [3.63, 3.8) is 0 Å². The van der Waals surface area contributed by atoms with Gasteiger partial charge in [0.15, 0.2) is 0 Å². The number of rotatable bonds is 3. The van der Waals surface area contributed by atoms with E-state index in [1.54, 1.807) is 0 Å². The van der Waals surface area contributed by atoms with E-state index in [9.17, 15) is 4.79 Å². The lowest BCUT2D eigenvalue weighted by atomic mass is 9.74. The van der Waals surface area contributed by atoms with Crippen LogP contribution >= 0.6 is 0 Å². The van der Waals surface area contributed by atoms with E-state index in [4.69, 9.17) is 0 Å². The van der Waals surface area contributed by atoms with Crippen molar-refractivity contribution in [1.82, 2.24) is 10.6 Å². The SMILES string of the molecule is CC(C)(C(=O)NC1CCCCC1)C1CCCNC1. The van der Waals surface area contributed by atoms with E-state index in [-0.39, 0.29) is 11.3 Å². The Labute approximate surface area is 111 Å². The smallest absolute Gasteiger partial charge is 0.226 e. The van der Waals surface area contributed by atoms with E-state index in [0.717, 1.165) is 13.1 Å². The molecule has 0 aromatic rings. The highest BCUT2D eigenvalue weighted by molar-refractivity contribution is 5.82. The summed E-state index contributed by atoms with van der Waals surface area (Å²) in [7, 11) is 0. The minimum absolute atomic E-state index is 0.231. The molecule has 2 N–H and O–H groups in total. The van der Waals surface area contributed by atoms with Gasteiger partial charge in [0.25, 0.3) is 0 Å². The van der Waals surface area contributed by atoms with Crippen molar-refractivity contribution in [3.8, 4) is 0 Å². The molecule has 1 atom stereocenters. The number of hydrogen-bond donors (Lipinski definition) is 2. The molecule has 1 heterocycles. The number of nitrogens with one attached hydrogen (secondary N) is 2. The Balaban J connectivity index is 1.88. The standard InChI is InChI=1S/C15H28N2O/c1-15(2,12-7-6-10-16-11-12)14(18)17-13-8-4-3-5-9-13/h12-13,16H,3-11H2,1-2H3,(H,17,18). The molecule has 0 aromatic carbocycles. The van der Waals surface area contributed by atoms with Gasteiger partial charge in [-0.3, -0.25) is 4.79 Å². The van der Waals surface area contributed by atoms with E-state index in [2.05, 4.69) is 24.5 Å². The van der Waals surface area contributed by atoms with Crippen LogP contribution in [0.1, 0.15) is 58.8 Å². The molecule has 104 valence electrons. The third-order valence-corrected chi connectivity index (χ3v) is 4.84. The molecule has 1 amide bonds. The van der Waals surface area contributed by atoms with Crippen molar-refractivity contribution in [2.45, 2.75) is 64.8 Å². The molecule has 3 heteroatoms. The average molecular weight is 252 g/mol. The second kappa shape index (κ2) is 6.05. The van der Waals surface area contributed by atoms with E-state index in [1.807, 2.05) is 0 Å². The first-order valence-corrected chi connectivity index (χ1v) is 7.62.